The van der Waals surface area contributed by atoms with Crippen molar-refractivity contribution in [3.63, 3.8) is 0 Å². The summed E-state index contributed by atoms with van der Waals surface area (Å²) in [6, 6.07) is 2.52. The Balaban J connectivity index is 2.05. The van der Waals surface area contributed by atoms with Gasteiger partial charge in [0.1, 0.15) is 11.9 Å². The predicted octanol–water partition coefficient (Wildman–Crippen LogP) is 2.02. The minimum atomic E-state index is -0.480. The molecule has 2 unspecified atom stereocenters. The van der Waals surface area contributed by atoms with E-state index in [4.69, 9.17) is 16.3 Å². The van der Waals surface area contributed by atoms with Crippen molar-refractivity contribution in [1.82, 2.24) is 0 Å². The van der Waals surface area contributed by atoms with Crippen molar-refractivity contribution in [3.8, 4) is 0 Å². The zero-order chi connectivity index (χ0) is 12.9. The molecule has 0 bridgehead atoms. The molecule has 96 valence electrons. The van der Waals surface area contributed by atoms with Crippen molar-refractivity contribution in [2.75, 3.05) is 23.9 Å². The third kappa shape index (κ3) is 1.66. The molecule has 2 aliphatic heterocycles. The minimum absolute atomic E-state index is 0.00885. The molecule has 2 atom stereocenters. The lowest BCUT2D eigenvalue weighted by atomic mass is 10.1. The molecular weight excluding hydrogens is 259 g/mol. The number of nitrogens with one attached hydrogen (secondary N) is 1. The monoisotopic (exact) mass is 270 g/mol. The highest BCUT2D eigenvalue weighted by atomic mass is 35.5. The van der Waals surface area contributed by atoms with Gasteiger partial charge in [-0.05, 0) is 6.07 Å². The number of hydrogen-bond donors (Lipinski definition) is 1. The van der Waals surface area contributed by atoms with E-state index in [0.717, 1.165) is 0 Å². The highest BCUT2D eigenvalue weighted by Crippen LogP contribution is 2.39. The first-order chi connectivity index (χ1) is 8.60. The van der Waals surface area contributed by atoms with Gasteiger partial charge in [0.05, 0.1) is 22.5 Å². The summed E-state index contributed by atoms with van der Waals surface area (Å²) in [5, 5.41) is 2.77. The second-order valence-corrected chi connectivity index (χ2v) is 4.94. The van der Waals surface area contributed by atoms with Crippen molar-refractivity contribution >= 4 is 28.9 Å². The zero-order valence-corrected chi connectivity index (χ0v) is 10.5. The number of amides is 1. The van der Waals surface area contributed by atoms with Crippen LogP contribution < -0.4 is 10.2 Å². The number of benzene rings is 1. The first-order valence-corrected chi connectivity index (χ1v) is 6.07. The first kappa shape index (κ1) is 11.7. The van der Waals surface area contributed by atoms with Gasteiger partial charge in [0.25, 0.3) is 0 Å². The summed E-state index contributed by atoms with van der Waals surface area (Å²) in [5.74, 6) is -0.573. The van der Waals surface area contributed by atoms with E-state index in [2.05, 4.69) is 5.32 Å². The molecule has 4 nitrogen and oxygen atoms in total. The van der Waals surface area contributed by atoms with Crippen LogP contribution >= 0.6 is 11.6 Å². The second-order valence-electron chi connectivity index (χ2n) is 4.53. The minimum Gasteiger partial charge on any atom is -0.380 e. The summed E-state index contributed by atoms with van der Waals surface area (Å²) in [7, 11) is 1.62. The molecule has 1 saturated heterocycles. The summed E-state index contributed by atoms with van der Waals surface area (Å²) in [4.78, 5) is 13.8. The fraction of sp³-hybridized carbons (Fsp3) is 0.417. The molecule has 0 aromatic heterocycles. The summed E-state index contributed by atoms with van der Waals surface area (Å²) < 4.78 is 18.8. The van der Waals surface area contributed by atoms with E-state index in [9.17, 15) is 9.18 Å². The zero-order valence-electron chi connectivity index (χ0n) is 9.74. The van der Waals surface area contributed by atoms with Gasteiger partial charge in [-0.1, -0.05) is 11.6 Å². The number of fused-ring (bicyclic) bond motifs is 3. The number of carbonyl (C=O) groups excluding carboxylic acids is 1. The molecule has 2 heterocycles. The van der Waals surface area contributed by atoms with Gasteiger partial charge in [-0.2, -0.15) is 0 Å². The topological polar surface area (TPSA) is 41.6 Å². The molecule has 1 N–H and O–H groups in total. The lowest BCUT2D eigenvalue weighted by Crippen LogP contribution is -2.44. The smallest absolute Gasteiger partial charge is 0.247 e. The average molecular weight is 271 g/mol. The van der Waals surface area contributed by atoms with Crippen molar-refractivity contribution in [2.45, 2.75) is 18.6 Å². The maximum Gasteiger partial charge on any atom is 0.247 e. The number of methoxy groups -OCH3 is 1. The Morgan fingerprint density at radius 2 is 2.33 bits per heavy atom. The summed E-state index contributed by atoms with van der Waals surface area (Å²) in [5.41, 5.74) is 1.22. The van der Waals surface area contributed by atoms with E-state index >= 15 is 0 Å². The molecule has 0 spiro atoms. The van der Waals surface area contributed by atoms with Gasteiger partial charge in [0, 0.05) is 26.1 Å². The Labute approximate surface area is 109 Å². The molecule has 18 heavy (non-hydrogen) atoms. The number of carbonyl (C=O) groups is 1. The Hall–Kier alpha value is -1.33. The third-order valence-electron chi connectivity index (χ3n) is 3.50. The van der Waals surface area contributed by atoms with Crippen LogP contribution in [0.15, 0.2) is 12.1 Å². The second kappa shape index (κ2) is 4.10. The predicted molar refractivity (Wildman–Crippen MR) is 66.6 cm³/mol. The van der Waals surface area contributed by atoms with Crippen LogP contribution in [0.25, 0.3) is 0 Å². The fourth-order valence-electron chi connectivity index (χ4n) is 2.57. The number of hydrogen-bond acceptors (Lipinski definition) is 3. The molecule has 2 aliphatic rings. The van der Waals surface area contributed by atoms with Crippen LogP contribution in [-0.4, -0.2) is 31.7 Å². The quantitative estimate of drug-likeness (QED) is 0.849. The van der Waals surface area contributed by atoms with Gasteiger partial charge < -0.3 is 15.0 Å². The van der Waals surface area contributed by atoms with Gasteiger partial charge in [0.2, 0.25) is 5.91 Å². The molecule has 1 aromatic carbocycles. The van der Waals surface area contributed by atoms with Gasteiger partial charge in [-0.3, -0.25) is 4.79 Å². The van der Waals surface area contributed by atoms with Crippen LogP contribution in [0.1, 0.15) is 6.42 Å². The van der Waals surface area contributed by atoms with Gasteiger partial charge in [-0.25, -0.2) is 4.39 Å². The van der Waals surface area contributed by atoms with Crippen LogP contribution in [0.5, 0.6) is 0 Å². The highest BCUT2D eigenvalue weighted by molar-refractivity contribution is 6.31. The van der Waals surface area contributed by atoms with Gasteiger partial charge in [0.15, 0.2) is 0 Å². The molecule has 3 rings (SSSR count). The largest absolute Gasteiger partial charge is 0.380 e. The van der Waals surface area contributed by atoms with Gasteiger partial charge >= 0.3 is 0 Å². The fourth-order valence-corrected chi connectivity index (χ4v) is 2.74. The Kier molecular flexibility index (Phi) is 2.68. The molecule has 6 heteroatoms. The Morgan fingerprint density at radius 1 is 1.56 bits per heavy atom. The molecule has 1 aromatic rings. The lowest BCUT2D eigenvalue weighted by molar-refractivity contribution is -0.117. The average Bonchev–Trinajstić information content (AvgIpc) is 2.77. The molecule has 1 fully saturated rings. The van der Waals surface area contributed by atoms with Crippen molar-refractivity contribution in [3.05, 3.63) is 23.0 Å². The van der Waals surface area contributed by atoms with Crippen LogP contribution in [0, 0.1) is 5.82 Å². The number of rotatable bonds is 1. The van der Waals surface area contributed by atoms with E-state index in [0.29, 0.717) is 24.3 Å². The van der Waals surface area contributed by atoms with E-state index in [1.165, 1.54) is 12.1 Å². The van der Waals surface area contributed by atoms with E-state index in [-0.39, 0.29) is 23.1 Å². The SMILES string of the molecule is COC1CC2C(=O)Nc3cc(Cl)c(F)cc3N2C1. The van der Waals surface area contributed by atoms with Crippen molar-refractivity contribution in [1.29, 1.82) is 0 Å². The Bertz CT molecular complexity index is 523. The summed E-state index contributed by atoms with van der Waals surface area (Å²) in [6.07, 6.45) is 0.608. The van der Waals surface area contributed by atoms with E-state index in [1.54, 1.807) is 7.11 Å². The standard InChI is InChI=1S/C12H12ClFN2O2/c1-18-6-2-11-12(17)15-9-3-7(13)8(14)4-10(9)16(11)5-6/h3-4,6,11H,2,5H2,1H3,(H,15,17). The van der Waals surface area contributed by atoms with Crippen molar-refractivity contribution in [2.24, 2.45) is 0 Å². The van der Waals surface area contributed by atoms with Gasteiger partial charge in [-0.15, -0.1) is 0 Å². The normalized spacial score (nSPS) is 25.7. The summed E-state index contributed by atoms with van der Waals surface area (Å²) >= 11 is 5.72. The maximum atomic E-state index is 13.5. The van der Waals surface area contributed by atoms with Crippen LogP contribution in [0.4, 0.5) is 15.8 Å². The van der Waals surface area contributed by atoms with Crippen LogP contribution in [0.2, 0.25) is 5.02 Å². The van der Waals surface area contributed by atoms with Crippen molar-refractivity contribution < 1.29 is 13.9 Å². The molecular formula is C12H12ClFN2O2. The highest BCUT2D eigenvalue weighted by Gasteiger charge is 2.41. The third-order valence-corrected chi connectivity index (χ3v) is 3.79. The first-order valence-electron chi connectivity index (χ1n) is 5.69. The number of ether oxygens (including phenoxy) is 1. The molecule has 0 saturated carbocycles. The lowest BCUT2D eigenvalue weighted by Gasteiger charge is -2.32. The van der Waals surface area contributed by atoms with E-state index < -0.39 is 5.82 Å². The Morgan fingerprint density at radius 3 is 3.06 bits per heavy atom. The number of anilines is 2. The molecule has 0 aliphatic carbocycles. The molecule has 1 amide bonds. The van der Waals surface area contributed by atoms with Crippen LogP contribution in [0.3, 0.4) is 0 Å². The number of halogens is 2. The summed E-state index contributed by atoms with van der Waals surface area (Å²) in [6.45, 7) is 0.586. The van der Waals surface area contributed by atoms with E-state index in [1.807, 2.05) is 4.90 Å². The maximum absolute atomic E-state index is 13.5. The van der Waals surface area contributed by atoms with Crippen LogP contribution in [-0.2, 0) is 9.53 Å². The molecule has 0 radical (unpaired) electrons. The number of nitrogens with zero attached hydrogens (tertiary/aromatic N) is 1.